The molecule has 8 heteroatoms. The fraction of sp³-hybridized carbons (Fsp3) is 0.667. The maximum Gasteiger partial charge on any atom is 0.335 e. The van der Waals surface area contributed by atoms with Crippen LogP contribution in [0, 0.1) is 28.1 Å². The first-order valence-corrected chi connectivity index (χ1v) is 12.2. The van der Waals surface area contributed by atoms with E-state index in [2.05, 4.69) is 13.5 Å². The highest BCUT2D eigenvalue weighted by Gasteiger charge is 2.74. The van der Waals surface area contributed by atoms with Crippen LogP contribution in [0.3, 0.4) is 0 Å². The van der Waals surface area contributed by atoms with E-state index in [0.29, 0.717) is 12.8 Å². The van der Waals surface area contributed by atoms with Crippen LogP contribution in [0.5, 0.6) is 0 Å². The molecule has 5 rings (SSSR count). The molecule has 1 N–H and O–H groups in total. The van der Waals surface area contributed by atoms with Gasteiger partial charge in [-0.3, -0.25) is 9.59 Å². The number of furan rings is 1. The van der Waals surface area contributed by atoms with Crippen LogP contribution in [0.4, 0.5) is 0 Å². The number of Topliss-reactive ketones (excluding diaryl/α,β-unsaturated/α-hetero) is 1. The molecule has 2 aliphatic heterocycles. The Hall–Kier alpha value is -2.45. The first kappa shape index (κ1) is 24.3. The molecule has 2 saturated carbocycles. The average Bonchev–Trinajstić information content (AvgIpc) is 3.32. The third-order valence-corrected chi connectivity index (χ3v) is 9.96. The van der Waals surface area contributed by atoms with E-state index < -0.39 is 58.0 Å². The van der Waals surface area contributed by atoms with Crippen molar-refractivity contribution in [1.29, 1.82) is 0 Å². The van der Waals surface area contributed by atoms with Crippen LogP contribution >= 0.6 is 0 Å². The third kappa shape index (κ3) is 2.90. The Morgan fingerprint density at radius 1 is 1.26 bits per heavy atom. The van der Waals surface area contributed by atoms with Gasteiger partial charge in [-0.25, -0.2) is 4.79 Å². The summed E-state index contributed by atoms with van der Waals surface area (Å²) in [6.07, 6.45) is 1.91. The van der Waals surface area contributed by atoms with Crippen molar-refractivity contribution < 1.29 is 38.1 Å². The molecule has 4 aliphatic rings. The molecule has 0 aromatic carbocycles. The Morgan fingerprint density at radius 2 is 1.97 bits per heavy atom. The average molecular weight is 487 g/mol. The predicted octanol–water partition coefficient (Wildman–Crippen LogP) is 3.53. The van der Waals surface area contributed by atoms with Gasteiger partial charge in [0.25, 0.3) is 0 Å². The minimum absolute atomic E-state index is 0.00156. The molecule has 190 valence electrons. The van der Waals surface area contributed by atoms with E-state index in [0.717, 1.165) is 11.1 Å². The van der Waals surface area contributed by atoms with Gasteiger partial charge in [0, 0.05) is 34.1 Å². The van der Waals surface area contributed by atoms with E-state index >= 15 is 0 Å². The van der Waals surface area contributed by atoms with Gasteiger partial charge in [-0.15, -0.1) is 0 Å². The second-order valence-electron chi connectivity index (χ2n) is 11.7. The van der Waals surface area contributed by atoms with Crippen LogP contribution in [0.25, 0.3) is 0 Å². The first-order valence-electron chi connectivity index (χ1n) is 12.2. The summed E-state index contributed by atoms with van der Waals surface area (Å²) in [4.78, 5) is 39.0. The zero-order valence-corrected chi connectivity index (χ0v) is 21.0. The summed E-state index contributed by atoms with van der Waals surface area (Å²) in [6.45, 7) is 12.1. The predicted molar refractivity (Wildman–Crippen MR) is 123 cm³/mol. The molecule has 2 aliphatic carbocycles. The van der Waals surface area contributed by atoms with E-state index in [1.807, 2.05) is 6.92 Å². The second kappa shape index (κ2) is 7.53. The summed E-state index contributed by atoms with van der Waals surface area (Å²) in [5.74, 6) is -2.20. The second-order valence-corrected chi connectivity index (χ2v) is 11.7. The summed E-state index contributed by atoms with van der Waals surface area (Å²) in [7, 11) is 1.23. The van der Waals surface area contributed by atoms with Crippen LogP contribution < -0.4 is 0 Å². The number of cyclic esters (lactones) is 1. The number of ether oxygens (including phenoxy) is 3. The van der Waals surface area contributed by atoms with Crippen LogP contribution in [-0.4, -0.2) is 47.7 Å². The Kier molecular flexibility index (Phi) is 5.22. The summed E-state index contributed by atoms with van der Waals surface area (Å²) >= 11 is 0. The number of methoxy groups -OCH3 is 1. The third-order valence-electron chi connectivity index (χ3n) is 9.96. The minimum Gasteiger partial charge on any atom is -0.472 e. The van der Waals surface area contributed by atoms with E-state index in [9.17, 15) is 19.5 Å². The van der Waals surface area contributed by atoms with Gasteiger partial charge in [0.05, 0.1) is 32.2 Å². The van der Waals surface area contributed by atoms with Crippen LogP contribution in [-0.2, 0) is 28.6 Å². The zero-order valence-electron chi connectivity index (χ0n) is 21.0. The summed E-state index contributed by atoms with van der Waals surface area (Å²) < 4.78 is 23.0. The van der Waals surface area contributed by atoms with Gasteiger partial charge in [-0.05, 0) is 30.4 Å². The number of hydrogen-bond donors (Lipinski definition) is 1. The molecule has 1 spiro atoms. The summed E-state index contributed by atoms with van der Waals surface area (Å²) in [6, 6.07) is 1.79. The molecule has 4 fully saturated rings. The highest BCUT2D eigenvalue weighted by Crippen LogP contribution is 2.71. The molecule has 0 amide bonds. The monoisotopic (exact) mass is 486 g/mol. The first-order chi connectivity index (χ1) is 16.3. The topological polar surface area (TPSA) is 112 Å². The number of aliphatic hydroxyl groups is 1. The van der Waals surface area contributed by atoms with Crippen LogP contribution in [0.15, 0.2) is 35.2 Å². The Balaban J connectivity index is 1.65. The number of ketones is 1. The van der Waals surface area contributed by atoms with E-state index in [1.54, 1.807) is 32.4 Å². The molecule has 2 bridgehead atoms. The summed E-state index contributed by atoms with van der Waals surface area (Å²) in [5.41, 5.74) is -1.92. The van der Waals surface area contributed by atoms with Crippen molar-refractivity contribution in [3.05, 3.63) is 36.3 Å². The molecule has 0 unspecified atom stereocenters. The van der Waals surface area contributed by atoms with Gasteiger partial charge in [0.2, 0.25) is 0 Å². The van der Waals surface area contributed by atoms with E-state index in [1.165, 1.54) is 7.11 Å². The van der Waals surface area contributed by atoms with Gasteiger partial charge in [-0.1, -0.05) is 34.3 Å². The highest BCUT2D eigenvalue weighted by atomic mass is 16.6. The quantitative estimate of drug-likeness (QED) is 0.510. The number of carbonyl (C=O) groups is 3. The van der Waals surface area contributed by atoms with E-state index in [4.69, 9.17) is 18.6 Å². The normalized spacial score (nSPS) is 43.0. The SMILES string of the molecule is C=C1[C@@H]2CC[C@@]3(C)[C@H](c4ccoc4)OC(=O)C[C@]13O[C@H]1CC(=O)C(C)(C)[C@H]([C@H](O)C(=O)OC)[C@]12C. The smallest absolute Gasteiger partial charge is 0.335 e. The van der Waals surface area contributed by atoms with Gasteiger partial charge in [0.15, 0.2) is 6.10 Å². The lowest BCUT2D eigenvalue weighted by Crippen LogP contribution is -2.74. The van der Waals surface area contributed by atoms with E-state index in [-0.39, 0.29) is 24.5 Å². The van der Waals surface area contributed by atoms with Gasteiger partial charge in [-0.2, -0.15) is 0 Å². The van der Waals surface area contributed by atoms with Crippen LogP contribution in [0.2, 0.25) is 0 Å². The lowest BCUT2D eigenvalue weighted by atomic mass is 9.41. The van der Waals surface area contributed by atoms with Crippen molar-refractivity contribution in [2.75, 3.05) is 7.11 Å². The zero-order chi connectivity index (χ0) is 25.6. The van der Waals surface area contributed by atoms with Crippen molar-refractivity contribution in [3.8, 4) is 0 Å². The number of hydrogen-bond acceptors (Lipinski definition) is 8. The number of carbonyl (C=O) groups excluding carboxylic acids is 3. The minimum atomic E-state index is -1.50. The Labute approximate surface area is 205 Å². The number of aliphatic hydroxyl groups excluding tert-OH is 1. The lowest BCUT2D eigenvalue weighted by Gasteiger charge is -2.70. The Morgan fingerprint density at radius 3 is 2.60 bits per heavy atom. The standard InChI is InChI=1S/C27H34O8/c1-14-16-7-9-25(4)22(15-8-10-33-13-15)34-19(29)12-27(14,25)35-18-11-17(28)24(2,3)21(26(16,18)5)20(30)23(31)32-6/h8,10,13,16,18,20-22,30H,1,7,9,11-12H2,2-6H3/t16-,18-,20-,21-,22-,25-,26-,27-/m0/s1. The molecule has 8 atom stereocenters. The van der Waals surface area contributed by atoms with Gasteiger partial charge < -0.3 is 23.7 Å². The highest BCUT2D eigenvalue weighted by molar-refractivity contribution is 5.88. The van der Waals surface area contributed by atoms with Crippen molar-refractivity contribution in [1.82, 2.24) is 0 Å². The van der Waals surface area contributed by atoms with Crippen LogP contribution in [0.1, 0.15) is 65.0 Å². The largest absolute Gasteiger partial charge is 0.472 e. The molecular formula is C27H34O8. The maximum atomic E-state index is 13.4. The molecule has 8 nitrogen and oxygen atoms in total. The molecule has 1 aromatic heterocycles. The molecule has 0 radical (unpaired) electrons. The van der Waals surface area contributed by atoms with Crippen molar-refractivity contribution in [3.63, 3.8) is 0 Å². The van der Waals surface area contributed by atoms with Gasteiger partial charge in [0.1, 0.15) is 17.5 Å². The maximum absolute atomic E-state index is 13.4. The lowest BCUT2D eigenvalue weighted by molar-refractivity contribution is -0.303. The number of fused-ring (bicyclic) bond motifs is 3. The van der Waals surface area contributed by atoms with Crippen molar-refractivity contribution in [2.45, 2.75) is 77.3 Å². The fourth-order valence-electron chi connectivity index (χ4n) is 8.08. The summed E-state index contributed by atoms with van der Waals surface area (Å²) in [5, 5.41) is 11.2. The van der Waals surface area contributed by atoms with Crippen molar-refractivity contribution >= 4 is 17.7 Å². The van der Waals surface area contributed by atoms with Crippen molar-refractivity contribution in [2.24, 2.45) is 28.1 Å². The Bertz CT molecular complexity index is 1090. The molecule has 3 heterocycles. The molecule has 35 heavy (non-hydrogen) atoms. The number of esters is 2. The fourth-order valence-corrected chi connectivity index (χ4v) is 8.08. The molecule has 2 saturated heterocycles. The van der Waals surface area contributed by atoms with Gasteiger partial charge >= 0.3 is 11.9 Å². The number of rotatable bonds is 3. The molecule has 1 aromatic rings. The molecular weight excluding hydrogens is 452 g/mol.